The summed E-state index contributed by atoms with van der Waals surface area (Å²) >= 11 is 6.17. The van der Waals surface area contributed by atoms with Gasteiger partial charge in [0.15, 0.2) is 0 Å². The maximum atomic E-state index is 12.5. The number of carbonyl (C=O) groups is 3. The fourth-order valence-corrected chi connectivity index (χ4v) is 3.13. The summed E-state index contributed by atoms with van der Waals surface area (Å²) in [5.41, 5.74) is 0.951. The molecule has 7 nitrogen and oxygen atoms in total. The molecule has 1 aromatic carbocycles. The summed E-state index contributed by atoms with van der Waals surface area (Å²) in [5, 5.41) is 3.15. The second kappa shape index (κ2) is 8.40. The summed E-state index contributed by atoms with van der Waals surface area (Å²) in [6.07, 6.45) is 1.24. The minimum absolute atomic E-state index is 0.0308. The molecule has 1 fully saturated rings. The van der Waals surface area contributed by atoms with Crippen LogP contribution in [0.4, 0.5) is 10.5 Å². The van der Waals surface area contributed by atoms with Gasteiger partial charge in [0, 0.05) is 52.9 Å². The minimum atomic E-state index is -0.189. The van der Waals surface area contributed by atoms with Gasteiger partial charge in [-0.3, -0.25) is 9.59 Å². The molecular formula is C18H25ClN4O3. The molecule has 0 radical (unpaired) electrons. The van der Waals surface area contributed by atoms with Crippen LogP contribution in [0.25, 0.3) is 0 Å². The number of hydrogen-bond donors (Lipinski definition) is 1. The van der Waals surface area contributed by atoms with Crippen LogP contribution in [0.3, 0.4) is 0 Å². The number of amides is 4. The molecule has 2 rings (SSSR count). The molecule has 1 aliphatic rings. The molecular weight excluding hydrogens is 356 g/mol. The number of carbonyl (C=O) groups excluding carboxylic acids is 3. The Morgan fingerprint density at radius 2 is 1.69 bits per heavy atom. The lowest BCUT2D eigenvalue weighted by molar-refractivity contribution is -0.121. The zero-order valence-corrected chi connectivity index (χ0v) is 16.3. The number of hydrogen-bond acceptors (Lipinski definition) is 3. The topological polar surface area (TPSA) is 73.0 Å². The van der Waals surface area contributed by atoms with E-state index in [1.807, 2.05) is 0 Å². The molecule has 1 aliphatic heterocycles. The van der Waals surface area contributed by atoms with E-state index >= 15 is 0 Å². The minimum Gasteiger partial charge on any atom is -0.345 e. The number of halogens is 1. The standard InChI is InChI=1S/C18H25ClN4O3/c1-21(2)17(25)14-6-5-13(11-15(14)19)20-16(24)12-7-9-23(10-8-12)18(26)22(3)4/h5-6,11-12H,7-10H2,1-4H3,(H,20,24). The Labute approximate surface area is 158 Å². The van der Waals surface area contributed by atoms with Crippen LogP contribution in [0.1, 0.15) is 23.2 Å². The lowest BCUT2D eigenvalue weighted by atomic mass is 9.96. The van der Waals surface area contributed by atoms with Gasteiger partial charge < -0.3 is 20.0 Å². The van der Waals surface area contributed by atoms with Crippen molar-refractivity contribution in [1.82, 2.24) is 14.7 Å². The Balaban J connectivity index is 1.95. The zero-order valence-electron chi connectivity index (χ0n) is 15.6. The van der Waals surface area contributed by atoms with Crippen LogP contribution < -0.4 is 5.32 Å². The van der Waals surface area contributed by atoms with Gasteiger partial charge in [-0.1, -0.05) is 11.6 Å². The number of urea groups is 1. The van der Waals surface area contributed by atoms with Crippen molar-refractivity contribution >= 4 is 35.1 Å². The second-order valence-corrected chi connectivity index (χ2v) is 7.23. The highest BCUT2D eigenvalue weighted by atomic mass is 35.5. The second-order valence-electron chi connectivity index (χ2n) is 6.82. The van der Waals surface area contributed by atoms with Crippen LogP contribution >= 0.6 is 11.6 Å². The van der Waals surface area contributed by atoms with Crippen molar-refractivity contribution in [2.24, 2.45) is 5.92 Å². The van der Waals surface area contributed by atoms with E-state index in [-0.39, 0.29) is 23.8 Å². The van der Waals surface area contributed by atoms with Crippen LogP contribution in [0.5, 0.6) is 0 Å². The van der Waals surface area contributed by atoms with Gasteiger partial charge in [-0.2, -0.15) is 0 Å². The van der Waals surface area contributed by atoms with Gasteiger partial charge in [-0.15, -0.1) is 0 Å². The summed E-state index contributed by atoms with van der Waals surface area (Å²) in [5.74, 6) is -0.432. The van der Waals surface area contributed by atoms with Crippen molar-refractivity contribution in [3.05, 3.63) is 28.8 Å². The van der Waals surface area contributed by atoms with Gasteiger partial charge in [0.1, 0.15) is 0 Å². The summed E-state index contributed by atoms with van der Waals surface area (Å²) < 4.78 is 0. The highest BCUT2D eigenvalue weighted by molar-refractivity contribution is 6.34. The van der Waals surface area contributed by atoms with Crippen molar-refractivity contribution in [3.8, 4) is 0 Å². The maximum Gasteiger partial charge on any atom is 0.319 e. The average Bonchev–Trinajstić information content (AvgIpc) is 2.60. The van der Waals surface area contributed by atoms with Crippen LogP contribution in [0.15, 0.2) is 18.2 Å². The molecule has 0 bridgehead atoms. The predicted octanol–water partition coefficient (Wildman–Crippen LogP) is 2.37. The lowest BCUT2D eigenvalue weighted by Gasteiger charge is -2.33. The first-order valence-electron chi connectivity index (χ1n) is 8.49. The molecule has 0 aromatic heterocycles. The highest BCUT2D eigenvalue weighted by Crippen LogP contribution is 2.24. The van der Waals surface area contributed by atoms with Crippen LogP contribution in [-0.4, -0.2) is 73.8 Å². The molecule has 0 saturated carbocycles. The summed E-state index contributed by atoms with van der Waals surface area (Å²) in [7, 11) is 6.74. The summed E-state index contributed by atoms with van der Waals surface area (Å²) in [4.78, 5) is 41.2. The van der Waals surface area contributed by atoms with E-state index in [4.69, 9.17) is 11.6 Å². The van der Waals surface area contributed by atoms with Crippen molar-refractivity contribution < 1.29 is 14.4 Å². The van der Waals surface area contributed by atoms with Gasteiger partial charge in [0.25, 0.3) is 5.91 Å². The third-order valence-electron chi connectivity index (χ3n) is 4.39. The molecule has 142 valence electrons. The number of likely N-dealkylation sites (tertiary alicyclic amines) is 1. The van der Waals surface area contributed by atoms with Crippen LogP contribution in [0, 0.1) is 5.92 Å². The first-order chi connectivity index (χ1) is 12.2. The van der Waals surface area contributed by atoms with E-state index in [0.29, 0.717) is 42.2 Å². The Hall–Kier alpha value is -2.28. The summed E-state index contributed by atoms with van der Waals surface area (Å²) in [6.45, 7) is 1.12. The van der Waals surface area contributed by atoms with E-state index in [9.17, 15) is 14.4 Å². The van der Waals surface area contributed by atoms with E-state index in [1.165, 1.54) is 4.90 Å². The third-order valence-corrected chi connectivity index (χ3v) is 4.70. The van der Waals surface area contributed by atoms with Crippen LogP contribution in [0.2, 0.25) is 5.02 Å². The number of nitrogens with zero attached hydrogens (tertiary/aromatic N) is 3. The molecule has 0 unspecified atom stereocenters. The normalized spacial score (nSPS) is 14.7. The largest absolute Gasteiger partial charge is 0.345 e. The first kappa shape index (κ1) is 20.0. The van der Waals surface area contributed by atoms with E-state index in [0.717, 1.165) is 0 Å². The van der Waals surface area contributed by atoms with Crippen molar-refractivity contribution in [2.75, 3.05) is 46.6 Å². The van der Waals surface area contributed by atoms with Crippen LogP contribution in [-0.2, 0) is 4.79 Å². The van der Waals surface area contributed by atoms with Crippen molar-refractivity contribution in [3.63, 3.8) is 0 Å². The molecule has 4 amide bonds. The predicted molar refractivity (Wildman–Crippen MR) is 101 cm³/mol. The molecule has 1 N–H and O–H groups in total. The monoisotopic (exact) mass is 380 g/mol. The Kier molecular flexibility index (Phi) is 6.47. The number of rotatable bonds is 3. The van der Waals surface area contributed by atoms with Crippen molar-refractivity contribution in [2.45, 2.75) is 12.8 Å². The number of benzene rings is 1. The van der Waals surface area contributed by atoms with Gasteiger partial charge in [-0.25, -0.2) is 4.79 Å². The SMILES string of the molecule is CN(C)C(=O)c1ccc(NC(=O)C2CCN(C(=O)N(C)C)CC2)cc1Cl. The average molecular weight is 381 g/mol. The first-order valence-corrected chi connectivity index (χ1v) is 8.86. The Morgan fingerprint density at radius 3 is 2.19 bits per heavy atom. The van der Waals surface area contributed by atoms with Gasteiger partial charge in [0.2, 0.25) is 5.91 Å². The third kappa shape index (κ3) is 4.66. The quantitative estimate of drug-likeness (QED) is 0.874. The summed E-state index contributed by atoms with van der Waals surface area (Å²) in [6, 6.07) is 4.84. The smallest absolute Gasteiger partial charge is 0.319 e. The maximum absolute atomic E-state index is 12.5. The van der Waals surface area contributed by atoms with Gasteiger partial charge in [0.05, 0.1) is 10.6 Å². The number of nitrogens with one attached hydrogen (secondary N) is 1. The molecule has 0 spiro atoms. The molecule has 8 heteroatoms. The zero-order chi connectivity index (χ0) is 19.4. The fraction of sp³-hybridized carbons (Fsp3) is 0.500. The van der Waals surface area contributed by atoms with E-state index < -0.39 is 0 Å². The van der Waals surface area contributed by atoms with Gasteiger partial charge in [-0.05, 0) is 31.0 Å². The fourth-order valence-electron chi connectivity index (χ4n) is 2.87. The number of piperidine rings is 1. The molecule has 26 heavy (non-hydrogen) atoms. The molecule has 1 saturated heterocycles. The molecule has 0 atom stereocenters. The Bertz CT molecular complexity index is 698. The number of anilines is 1. The van der Waals surface area contributed by atoms with E-state index in [2.05, 4.69) is 5.32 Å². The van der Waals surface area contributed by atoms with Gasteiger partial charge >= 0.3 is 6.03 Å². The highest BCUT2D eigenvalue weighted by Gasteiger charge is 2.28. The lowest BCUT2D eigenvalue weighted by Crippen LogP contribution is -2.45. The van der Waals surface area contributed by atoms with E-state index in [1.54, 1.807) is 56.2 Å². The molecule has 1 aromatic rings. The Morgan fingerprint density at radius 1 is 1.08 bits per heavy atom. The molecule has 0 aliphatic carbocycles. The molecule has 1 heterocycles. The van der Waals surface area contributed by atoms with Crippen molar-refractivity contribution in [1.29, 1.82) is 0 Å².